The van der Waals surface area contributed by atoms with Crippen LogP contribution in [0.2, 0.25) is 10.0 Å². The molecule has 0 bridgehead atoms. The summed E-state index contributed by atoms with van der Waals surface area (Å²) in [5.74, 6) is 0.368. The molecule has 5 nitrogen and oxygen atoms in total. The van der Waals surface area contributed by atoms with Crippen LogP contribution in [-0.4, -0.2) is 24.8 Å². The number of carbonyl (C=O) groups excluding carboxylic acids is 1. The Bertz CT molecular complexity index is 1150. The minimum atomic E-state index is -0.393. The molecule has 3 aromatic rings. The summed E-state index contributed by atoms with van der Waals surface area (Å²) in [6.07, 6.45) is 4.22. The molecule has 0 spiro atoms. The molecule has 3 rings (SSSR count). The number of carbonyl (C=O) groups is 1. The molecule has 0 saturated heterocycles. The van der Waals surface area contributed by atoms with Crippen molar-refractivity contribution < 1.29 is 14.3 Å². The fraction of sp³-hybridized carbons (Fsp3) is 0.167. The maximum absolute atomic E-state index is 12.7. The third kappa shape index (κ3) is 5.57. The van der Waals surface area contributed by atoms with E-state index in [1.165, 1.54) is 13.2 Å². The second-order valence-corrected chi connectivity index (χ2v) is 7.54. The Morgan fingerprint density at radius 3 is 2.26 bits per heavy atom. The van der Waals surface area contributed by atoms with E-state index in [9.17, 15) is 9.59 Å². The summed E-state index contributed by atoms with van der Waals surface area (Å²) in [7, 11) is 2.95. The summed E-state index contributed by atoms with van der Waals surface area (Å²) in [5.41, 5.74) is 2.62. The van der Waals surface area contributed by atoms with E-state index in [4.69, 9.17) is 32.7 Å². The first-order chi connectivity index (χ1) is 14.9. The predicted molar refractivity (Wildman–Crippen MR) is 124 cm³/mol. The van der Waals surface area contributed by atoms with Crippen LogP contribution >= 0.6 is 23.2 Å². The van der Waals surface area contributed by atoms with Crippen molar-refractivity contribution in [3.8, 4) is 5.75 Å². The predicted octanol–water partition coefficient (Wildman–Crippen LogP) is 5.36. The largest absolute Gasteiger partial charge is 0.497 e. The number of nitrogens with zero attached hydrogens (tertiary/aromatic N) is 1. The molecule has 1 aromatic heterocycles. The van der Waals surface area contributed by atoms with Gasteiger partial charge in [0.25, 0.3) is 5.56 Å². The standard InChI is InChI=1S/C24H21Cl2NO4/c1-30-19-10-5-16(6-11-19)7-12-22-20(25)15-21(26)23(28)27(22)14-13-17-3-8-18(9-4-17)24(29)31-2/h3-12,15H,13-14H2,1-2H3/b12-7+. The molecule has 0 aliphatic rings. The van der Waals surface area contributed by atoms with Gasteiger partial charge in [-0.25, -0.2) is 4.79 Å². The van der Waals surface area contributed by atoms with Gasteiger partial charge in [0.05, 0.1) is 30.5 Å². The van der Waals surface area contributed by atoms with E-state index in [-0.39, 0.29) is 10.6 Å². The molecular formula is C24H21Cl2NO4. The van der Waals surface area contributed by atoms with Gasteiger partial charge in [0.2, 0.25) is 0 Å². The Labute approximate surface area is 190 Å². The van der Waals surface area contributed by atoms with Crippen LogP contribution in [0.25, 0.3) is 12.2 Å². The van der Waals surface area contributed by atoms with Gasteiger partial charge in [-0.3, -0.25) is 4.79 Å². The molecule has 0 unspecified atom stereocenters. The zero-order valence-electron chi connectivity index (χ0n) is 17.1. The van der Waals surface area contributed by atoms with E-state index in [0.29, 0.717) is 29.2 Å². The van der Waals surface area contributed by atoms with Gasteiger partial charge in [-0.1, -0.05) is 53.5 Å². The van der Waals surface area contributed by atoms with Crippen LogP contribution in [0.1, 0.15) is 27.2 Å². The summed E-state index contributed by atoms with van der Waals surface area (Å²) in [6.45, 7) is 0.374. The molecule has 0 saturated carbocycles. The summed E-state index contributed by atoms with van der Waals surface area (Å²) < 4.78 is 11.4. The quantitative estimate of drug-likeness (QED) is 0.447. The summed E-state index contributed by atoms with van der Waals surface area (Å²) >= 11 is 12.5. The fourth-order valence-corrected chi connectivity index (χ4v) is 3.60. The second kappa shape index (κ2) is 10.3. The number of halogens is 2. The van der Waals surface area contributed by atoms with Crippen molar-refractivity contribution in [2.45, 2.75) is 13.0 Å². The van der Waals surface area contributed by atoms with Crippen molar-refractivity contribution in [2.75, 3.05) is 14.2 Å². The van der Waals surface area contributed by atoms with Crippen LogP contribution in [-0.2, 0) is 17.7 Å². The molecule has 1 heterocycles. The Balaban J connectivity index is 1.86. The number of ether oxygens (including phenoxy) is 2. The fourth-order valence-electron chi connectivity index (χ4n) is 3.06. The Morgan fingerprint density at radius 2 is 1.65 bits per heavy atom. The van der Waals surface area contributed by atoms with E-state index < -0.39 is 5.97 Å². The molecule has 7 heteroatoms. The van der Waals surface area contributed by atoms with Crippen molar-refractivity contribution in [1.82, 2.24) is 4.57 Å². The highest BCUT2D eigenvalue weighted by Crippen LogP contribution is 2.22. The topological polar surface area (TPSA) is 57.5 Å². The van der Waals surface area contributed by atoms with Gasteiger partial charge in [0.15, 0.2) is 0 Å². The van der Waals surface area contributed by atoms with E-state index in [0.717, 1.165) is 16.9 Å². The second-order valence-electron chi connectivity index (χ2n) is 6.73. The van der Waals surface area contributed by atoms with E-state index >= 15 is 0 Å². The smallest absolute Gasteiger partial charge is 0.337 e. The van der Waals surface area contributed by atoms with Crippen LogP contribution in [0.4, 0.5) is 0 Å². The number of esters is 1. The Morgan fingerprint density at radius 1 is 0.968 bits per heavy atom. The number of hydrogen-bond donors (Lipinski definition) is 0. The molecule has 0 aliphatic carbocycles. The average molecular weight is 458 g/mol. The molecule has 0 N–H and O–H groups in total. The molecule has 160 valence electrons. The number of methoxy groups -OCH3 is 2. The lowest BCUT2D eigenvalue weighted by atomic mass is 10.1. The highest BCUT2D eigenvalue weighted by molar-refractivity contribution is 6.35. The van der Waals surface area contributed by atoms with Crippen molar-refractivity contribution in [3.05, 3.63) is 97.4 Å². The average Bonchev–Trinajstić information content (AvgIpc) is 2.80. The van der Waals surface area contributed by atoms with Crippen molar-refractivity contribution >= 4 is 41.3 Å². The Kier molecular flexibility index (Phi) is 7.55. The van der Waals surface area contributed by atoms with Crippen molar-refractivity contribution in [1.29, 1.82) is 0 Å². The van der Waals surface area contributed by atoms with Gasteiger partial charge in [-0.2, -0.15) is 0 Å². The molecular weight excluding hydrogens is 437 g/mol. The molecule has 0 fully saturated rings. The van der Waals surface area contributed by atoms with Crippen molar-refractivity contribution in [2.24, 2.45) is 0 Å². The van der Waals surface area contributed by atoms with Crippen LogP contribution in [0.15, 0.2) is 59.4 Å². The van der Waals surface area contributed by atoms with Gasteiger partial charge >= 0.3 is 5.97 Å². The lowest BCUT2D eigenvalue weighted by Gasteiger charge is -2.13. The van der Waals surface area contributed by atoms with E-state index in [1.54, 1.807) is 29.9 Å². The zero-order chi connectivity index (χ0) is 22.4. The van der Waals surface area contributed by atoms with Gasteiger partial charge in [-0.15, -0.1) is 0 Å². The van der Waals surface area contributed by atoms with Gasteiger partial charge < -0.3 is 14.0 Å². The molecule has 0 radical (unpaired) electrons. The molecule has 0 atom stereocenters. The number of hydrogen-bond acceptors (Lipinski definition) is 4. The first kappa shape index (κ1) is 22.7. The third-order valence-electron chi connectivity index (χ3n) is 4.79. The van der Waals surface area contributed by atoms with Gasteiger partial charge in [0, 0.05) is 6.54 Å². The first-order valence-electron chi connectivity index (χ1n) is 9.51. The number of aryl methyl sites for hydroxylation is 1. The van der Waals surface area contributed by atoms with Gasteiger partial charge in [0.1, 0.15) is 10.8 Å². The lowest BCUT2D eigenvalue weighted by molar-refractivity contribution is 0.0600. The summed E-state index contributed by atoms with van der Waals surface area (Å²) in [5, 5.41) is 0.447. The minimum absolute atomic E-state index is 0.0626. The number of benzene rings is 2. The molecule has 31 heavy (non-hydrogen) atoms. The first-order valence-corrected chi connectivity index (χ1v) is 10.3. The number of aromatic nitrogens is 1. The highest BCUT2D eigenvalue weighted by atomic mass is 35.5. The minimum Gasteiger partial charge on any atom is -0.497 e. The zero-order valence-corrected chi connectivity index (χ0v) is 18.6. The number of rotatable bonds is 7. The maximum atomic E-state index is 12.7. The number of pyridine rings is 1. The van der Waals surface area contributed by atoms with Crippen molar-refractivity contribution in [3.63, 3.8) is 0 Å². The SMILES string of the molecule is COC(=O)c1ccc(CCn2c(/C=C/c3ccc(OC)cc3)c(Cl)cc(Cl)c2=O)cc1. The lowest BCUT2D eigenvalue weighted by Crippen LogP contribution is -2.24. The summed E-state index contributed by atoms with van der Waals surface area (Å²) in [6, 6.07) is 16.0. The normalized spacial score (nSPS) is 11.0. The molecule has 0 amide bonds. The maximum Gasteiger partial charge on any atom is 0.337 e. The third-order valence-corrected chi connectivity index (χ3v) is 5.36. The van der Waals surface area contributed by atoms with Crippen LogP contribution in [0, 0.1) is 0 Å². The Hall–Kier alpha value is -3.02. The van der Waals surface area contributed by atoms with E-state index in [2.05, 4.69) is 0 Å². The highest BCUT2D eigenvalue weighted by Gasteiger charge is 2.12. The van der Waals surface area contributed by atoms with Crippen LogP contribution in [0.3, 0.4) is 0 Å². The summed E-state index contributed by atoms with van der Waals surface area (Å²) in [4.78, 5) is 24.3. The molecule has 2 aromatic carbocycles. The molecule has 0 aliphatic heterocycles. The van der Waals surface area contributed by atoms with Crippen LogP contribution < -0.4 is 10.3 Å². The van der Waals surface area contributed by atoms with Gasteiger partial charge in [-0.05, 0) is 54.0 Å². The van der Waals surface area contributed by atoms with Crippen LogP contribution in [0.5, 0.6) is 5.75 Å². The van der Waals surface area contributed by atoms with E-state index in [1.807, 2.05) is 42.5 Å². The monoisotopic (exact) mass is 457 g/mol.